The Kier molecular flexibility index (Phi) is 7.97. The van der Waals surface area contributed by atoms with Crippen molar-refractivity contribution in [3.05, 3.63) is 137 Å². The molecule has 10 rings (SSSR count). The van der Waals surface area contributed by atoms with Gasteiger partial charge >= 0.3 is 6.85 Å². The van der Waals surface area contributed by atoms with Crippen LogP contribution in [-0.4, -0.2) is 6.85 Å². The van der Waals surface area contributed by atoms with E-state index in [1.165, 1.54) is 61.4 Å². The maximum absolute atomic E-state index is 7.41. The first-order chi connectivity index (χ1) is 28.0. The van der Waals surface area contributed by atoms with Crippen LogP contribution in [0.2, 0.25) is 0 Å². The molecule has 0 amide bonds. The predicted octanol–water partition coefficient (Wildman–Crippen LogP) is 14.1. The van der Waals surface area contributed by atoms with Gasteiger partial charge in [0.2, 0.25) is 0 Å². The Morgan fingerprint density at radius 3 is 1.77 bits per heavy atom. The lowest BCUT2D eigenvalue weighted by molar-refractivity contribution is 0.394. The maximum Gasteiger partial charge on any atom is 0.333 e. The van der Waals surface area contributed by atoms with Crippen LogP contribution >= 0.6 is 0 Å². The van der Waals surface area contributed by atoms with Gasteiger partial charge in [-0.3, -0.25) is 0 Å². The number of nitrogens with zero attached hydrogens (tertiary/aromatic N) is 2. The third-order valence-electron chi connectivity index (χ3n) is 13.7. The molecule has 0 aromatic heterocycles. The topological polar surface area (TPSA) is 24.9 Å². The third kappa shape index (κ3) is 5.63. The standard InChI is InChI=1S/C55H59BN2O2/c1-51(2,3)32-19-22-36(23-20-32)57-42-29-33(52(4,5)6)21-24-40(42)56-48-37(27-34(30-43(48)57)53(7,8)9)38-28-35(54(10,11)12)31-46-49(38)58(56)41-25-26-45-47(50(41)60-46)55(13,14)39-17-15-16-18-44(39)59-45/h15-31H,1-14H3. The molecular formula is C55H59BN2O2. The molecule has 0 aliphatic carbocycles. The van der Waals surface area contributed by atoms with E-state index in [4.69, 9.17) is 9.47 Å². The summed E-state index contributed by atoms with van der Waals surface area (Å²) in [5.41, 5.74) is 17.8. The monoisotopic (exact) mass is 790 g/mol. The number of hydrogen-bond acceptors (Lipinski definition) is 4. The van der Waals surface area contributed by atoms with E-state index in [0.29, 0.717) is 0 Å². The summed E-state index contributed by atoms with van der Waals surface area (Å²) in [5.74, 6) is 3.53. The molecular weight excluding hydrogens is 731 g/mol. The summed E-state index contributed by atoms with van der Waals surface area (Å²) in [6, 6.07) is 39.3. The molecule has 0 saturated carbocycles. The molecule has 4 nitrogen and oxygen atoms in total. The first kappa shape index (κ1) is 38.8. The summed E-state index contributed by atoms with van der Waals surface area (Å²) in [6.45, 7) is 32.3. The van der Waals surface area contributed by atoms with Crippen LogP contribution in [0.5, 0.6) is 23.0 Å². The average Bonchev–Trinajstić information content (AvgIpc) is 3.16. The summed E-state index contributed by atoms with van der Waals surface area (Å²) in [7, 11) is 0. The number of fused-ring (bicyclic) bond motifs is 9. The SMILES string of the molecule is CC(C)(C)c1ccc(N2c3cc(C(C)(C)C)ccc3B3c4c(cc(C(C)(C)C)cc42)-c2cc(C(C)(C)C)cc4c2N3c2ccc3c(c2O4)C(C)(C)c2ccccc2O3)cc1. The molecule has 0 fully saturated rings. The lowest BCUT2D eigenvalue weighted by atomic mass is 9.43. The van der Waals surface area contributed by atoms with Crippen molar-refractivity contribution in [1.82, 2.24) is 0 Å². The molecule has 6 aromatic rings. The Bertz CT molecular complexity index is 2790. The molecule has 0 atom stereocenters. The molecule has 304 valence electrons. The van der Waals surface area contributed by atoms with Crippen LogP contribution in [0.4, 0.5) is 28.4 Å². The van der Waals surface area contributed by atoms with Gasteiger partial charge in [-0.15, -0.1) is 0 Å². The van der Waals surface area contributed by atoms with Crippen molar-refractivity contribution in [2.24, 2.45) is 0 Å². The fraction of sp³-hybridized carbons (Fsp3) is 0.345. The van der Waals surface area contributed by atoms with Gasteiger partial charge in [0, 0.05) is 39.2 Å². The number of para-hydroxylation sites is 1. The van der Waals surface area contributed by atoms with E-state index in [9.17, 15) is 0 Å². The zero-order valence-corrected chi connectivity index (χ0v) is 38.1. The minimum Gasteiger partial charge on any atom is -0.457 e. The molecule has 0 saturated heterocycles. The second kappa shape index (κ2) is 12.3. The van der Waals surface area contributed by atoms with E-state index in [1.807, 2.05) is 0 Å². The normalized spacial score (nSPS) is 15.8. The molecule has 6 aromatic carbocycles. The lowest BCUT2D eigenvalue weighted by Crippen LogP contribution is -2.62. The first-order valence-corrected chi connectivity index (χ1v) is 21.9. The molecule has 4 aliphatic rings. The van der Waals surface area contributed by atoms with Gasteiger partial charge in [0.1, 0.15) is 11.5 Å². The maximum atomic E-state index is 7.41. The fourth-order valence-corrected chi connectivity index (χ4v) is 10.1. The summed E-state index contributed by atoms with van der Waals surface area (Å²) in [6.07, 6.45) is 0. The van der Waals surface area contributed by atoms with Crippen molar-refractivity contribution in [2.75, 3.05) is 9.71 Å². The predicted molar refractivity (Wildman–Crippen MR) is 254 cm³/mol. The number of rotatable bonds is 1. The Morgan fingerprint density at radius 2 is 1.10 bits per heavy atom. The Hall–Kier alpha value is -5.42. The highest BCUT2D eigenvalue weighted by Gasteiger charge is 2.51. The van der Waals surface area contributed by atoms with E-state index in [2.05, 4.69) is 210 Å². The number of anilines is 5. The van der Waals surface area contributed by atoms with Gasteiger partial charge in [-0.05, 0) is 115 Å². The van der Waals surface area contributed by atoms with Crippen molar-refractivity contribution in [2.45, 2.75) is 124 Å². The van der Waals surface area contributed by atoms with E-state index in [-0.39, 0.29) is 33.9 Å². The molecule has 0 unspecified atom stereocenters. The van der Waals surface area contributed by atoms with Crippen molar-refractivity contribution in [3.63, 3.8) is 0 Å². The molecule has 5 heteroatoms. The van der Waals surface area contributed by atoms with Crippen LogP contribution in [-0.2, 0) is 27.1 Å². The first-order valence-electron chi connectivity index (χ1n) is 21.9. The Labute approximate surface area is 358 Å². The smallest absolute Gasteiger partial charge is 0.333 e. The molecule has 60 heavy (non-hydrogen) atoms. The van der Waals surface area contributed by atoms with E-state index >= 15 is 0 Å². The molecule has 0 N–H and O–H groups in total. The summed E-state index contributed by atoms with van der Waals surface area (Å²) in [4.78, 5) is 5.20. The van der Waals surface area contributed by atoms with Crippen LogP contribution in [0.1, 0.15) is 130 Å². The van der Waals surface area contributed by atoms with Gasteiger partial charge in [0.25, 0.3) is 0 Å². The van der Waals surface area contributed by atoms with Crippen molar-refractivity contribution >= 4 is 46.2 Å². The van der Waals surface area contributed by atoms with Crippen LogP contribution in [0.25, 0.3) is 11.1 Å². The zero-order chi connectivity index (χ0) is 42.6. The summed E-state index contributed by atoms with van der Waals surface area (Å²) in [5, 5.41) is 0. The van der Waals surface area contributed by atoms with Gasteiger partial charge in [-0.1, -0.05) is 145 Å². The largest absolute Gasteiger partial charge is 0.457 e. The Balaban J connectivity index is 1.33. The average molecular weight is 791 g/mol. The van der Waals surface area contributed by atoms with Gasteiger partial charge in [0.15, 0.2) is 11.5 Å². The van der Waals surface area contributed by atoms with Crippen molar-refractivity contribution in [3.8, 4) is 34.1 Å². The number of hydrogen-bond donors (Lipinski definition) is 0. The molecule has 0 spiro atoms. The Morgan fingerprint density at radius 1 is 0.500 bits per heavy atom. The van der Waals surface area contributed by atoms with Gasteiger partial charge < -0.3 is 19.2 Å². The van der Waals surface area contributed by atoms with Crippen LogP contribution < -0.4 is 30.1 Å². The fourth-order valence-electron chi connectivity index (χ4n) is 10.1. The number of ether oxygens (including phenoxy) is 2. The van der Waals surface area contributed by atoms with Gasteiger partial charge in [-0.2, -0.15) is 0 Å². The van der Waals surface area contributed by atoms with Crippen LogP contribution in [0.3, 0.4) is 0 Å². The quantitative estimate of drug-likeness (QED) is 0.155. The van der Waals surface area contributed by atoms with E-state index in [0.717, 1.165) is 45.5 Å². The molecule has 0 radical (unpaired) electrons. The van der Waals surface area contributed by atoms with Gasteiger partial charge in [-0.25, -0.2) is 0 Å². The summed E-state index contributed by atoms with van der Waals surface area (Å²) < 4.78 is 14.1. The molecule has 0 bridgehead atoms. The minimum atomic E-state index is -0.375. The van der Waals surface area contributed by atoms with Crippen molar-refractivity contribution in [1.29, 1.82) is 0 Å². The van der Waals surface area contributed by atoms with E-state index in [1.54, 1.807) is 0 Å². The third-order valence-corrected chi connectivity index (χ3v) is 13.7. The van der Waals surface area contributed by atoms with Crippen molar-refractivity contribution < 1.29 is 9.47 Å². The second-order valence-corrected chi connectivity index (χ2v) is 22.4. The molecule has 4 aliphatic heterocycles. The lowest BCUT2D eigenvalue weighted by Gasteiger charge is -2.49. The summed E-state index contributed by atoms with van der Waals surface area (Å²) >= 11 is 0. The van der Waals surface area contributed by atoms with Gasteiger partial charge in [0.05, 0.1) is 11.4 Å². The highest BCUT2D eigenvalue weighted by Crippen LogP contribution is 2.62. The second-order valence-electron chi connectivity index (χ2n) is 22.4. The zero-order valence-electron chi connectivity index (χ0n) is 38.1. The highest BCUT2D eigenvalue weighted by molar-refractivity contribution is 6.93. The number of benzene rings is 6. The van der Waals surface area contributed by atoms with E-state index < -0.39 is 0 Å². The van der Waals surface area contributed by atoms with Crippen LogP contribution in [0, 0.1) is 0 Å². The molecule has 4 heterocycles. The highest BCUT2D eigenvalue weighted by atomic mass is 16.5. The van der Waals surface area contributed by atoms with Crippen LogP contribution in [0.15, 0.2) is 103 Å². The minimum absolute atomic E-state index is 0.0440.